The number of phenols is 1. The molecule has 2 rings (SSSR count). The van der Waals surface area contributed by atoms with E-state index in [-0.39, 0.29) is 27.5 Å². The number of rotatable bonds is 4. The van der Waals surface area contributed by atoms with Gasteiger partial charge in [-0.05, 0) is 47.8 Å². The number of nitrogens with zero attached hydrogens (tertiary/aromatic N) is 1. The molecule has 0 saturated carbocycles. The third kappa shape index (κ3) is 3.24. The molecule has 0 radical (unpaired) electrons. The molecule has 0 aliphatic carbocycles. The molecule has 22 heavy (non-hydrogen) atoms. The number of hydrogen-bond donors (Lipinski definition) is 1. The van der Waals surface area contributed by atoms with Crippen molar-refractivity contribution in [3.8, 4) is 5.75 Å². The minimum Gasteiger partial charge on any atom is -0.505 e. The number of phenolic OH excluding ortho intramolecular Hbond substituents is 1. The van der Waals surface area contributed by atoms with Gasteiger partial charge in [0.25, 0.3) is 0 Å². The number of sulfonamides is 1. The molecule has 1 aliphatic heterocycles. The Hall–Kier alpha value is -0.830. The molecule has 1 N–H and O–H groups in total. The molecule has 9 heteroatoms. The van der Waals surface area contributed by atoms with Crippen LogP contribution in [0.2, 0.25) is 5.02 Å². The van der Waals surface area contributed by atoms with Gasteiger partial charge in [-0.1, -0.05) is 11.6 Å². The van der Waals surface area contributed by atoms with Gasteiger partial charge in [-0.3, -0.25) is 4.79 Å². The second-order valence-electron chi connectivity index (χ2n) is 4.76. The van der Waals surface area contributed by atoms with Gasteiger partial charge in [-0.2, -0.15) is 4.31 Å². The molecule has 0 spiro atoms. The summed E-state index contributed by atoms with van der Waals surface area (Å²) in [6, 6.07) is 1.68. The number of halogens is 2. The molecule has 1 fully saturated rings. The van der Waals surface area contributed by atoms with Crippen molar-refractivity contribution < 1.29 is 23.1 Å². The van der Waals surface area contributed by atoms with Crippen molar-refractivity contribution in [2.45, 2.75) is 30.7 Å². The molecule has 1 aromatic rings. The molecule has 6 nitrogen and oxygen atoms in total. The van der Waals surface area contributed by atoms with E-state index in [1.165, 1.54) is 6.07 Å². The number of carbonyl (C=O) groups is 1. The van der Waals surface area contributed by atoms with E-state index in [4.69, 9.17) is 16.3 Å². The first-order valence-electron chi connectivity index (χ1n) is 6.65. The van der Waals surface area contributed by atoms with E-state index in [0.29, 0.717) is 12.8 Å². The van der Waals surface area contributed by atoms with E-state index in [1.807, 2.05) is 0 Å². The molecule has 1 aliphatic rings. The van der Waals surface area contributed by atoms with Gasteiger partial charge < -0.3 is 9.84 Å². The molecule has 0 unspecified atom stereocenters. The molecular weight excluding hydrogens is 398 g/mol. The van der Waals surface area contributed by atoms with E-state index in [0.717, 1.165) is 10.4 Å². The smallest absolute Gasteiger partial charge is 0.324 e. The average molecular weight is 413 g/mol. The van der Waals surface area contributed by atoms with Gasteiger partial charge >= 0.3 is 5.97 Å². The second-order valence-corrected chi connectivity index (χ2v) is 7.91. The van der Waals surface area contributed by atoms with Crippen molar-refractivity contribution in [2.24, 2.45) is 0 Å². The lowest BCUT2D eigenvalue weighted by Crippen LogP contribution is -2.41. The Bertz CT molecular complexity index is 694. The Morgan fingerprint density at radius 2 is 2.23 bits per heavy atom. The molecule has 0 amide bonds. The predicted molar refractivity (Wildman–Crippen MR) is 84.4 cm³/mol. The minimum atomic E-state index is -4.06. The highest BCUT2D eigenvalue weighted by Gasteiger charge is 2.41. The fourth-order valence-corrected chi connectivity index (χ4v) is 5.15. The van der Waals surface area contributed by atoms with Gasteiger partial charge in [-0.25, -0.2) is 8.42 Å². The molecule has 1 saturated heterocycles. The number of aromatic hydroxyl groups is 1. The number of hydrogen-bond acceptors (Lipinski definition) is 5. The van der Waals surface area contributed by atoms with Crippen LogP contribution in [0.4, 0.5) is 0 Å². The van der Waals surface area contributed by atoms with Crippen LogP contribution >= 0.6 is 27.5 Å². The van der Waals surface area contributed by atoms with Crippen LogP contribution in [0.1, 0.15) is 19.8 Å². The second kappa shape index (κ2) is 6.74. The first kappa shape index (κ1) is 17.5. The van der Waals surface area contributed by atoms with E-state index in [9.17, 15) is 18.3 Å². The zero-order chi connectivity index (χ0) is 16.5. The summed E-state index contributed by atoms with van der Waals surface area (Å²) in [6.45, 7) is 2.03. The maximum absolute atomic E-state index is 12.8. The quantitative estimate of drug-likeness (QED) is 0.768. The zero-order valence-electron chi connectivity index (χ0n) is 11.8. The molecule has 0 bridgehead atoms. The summed E-state index contributed by atoms with van der Waals surface area (Å²) in [5, 5.41) is 10.2. The summed E-state index contributed by atoms with van der Waals surface area (Å²) >= 11 is 8.93. The van der Waals surface area contributed by atoms with Crippen molar-refractivity contribution >= 4 is 43.5 Å². The van der Waals surface area contributed by atoms with Crippen molar-refractivity contribution in [3.05, 3.63) is 21.6 Å². The highest BCUT2D eigenvalue weighted by Crippen LogP contribution is 2.37. The van der Waals surface area contributed by atoms with Gasteiger partial charge in [0.15, 0.2) is 0 Å². The number of benzene rings is 1. The maximum atomic E-state index is 12.8. The third-order valence-electron chi connectivity index (χ3n) is 3.34. The van der Waals surface area contributed by atoms with Gasteiger partial charge in [0.2, 0.25) is 10.0 Å². The highest BCUT2D eigenvalue weighted by molar-refractivity contribution is 9.10. The molecule has 122 valence electrons. The SMILES string of the molecule is CCOC(=O)[C@@H]1CCCN1S(=O)(=O)c1cc(Cl)cc(Br)c1O. The van der Waals surface area contributed by atoms with E-state index >= 15 is 0 Å². The van der Waals surface area contributed by atoms with Crippen LogP contribution in [-0.2, 0) is 19.6 Å². The fourth-order valence-electron chi connectivity index (χ4n) is 2.37. The highest BCUT2D eigenvalue weighted by atomic mass is 79.9. The van der Waals surface area contributed by atoms with Crippen LogP contribution in [0.5, 0.6) is 5.75 Å². The van der Waals surface area contributed by atoms with E-state index in [2.05, 4.69) is 15.9 Å². The van der Waals surface area contributed by atoms with Crippen LogP contribution in [0.15, 0.2) is 21.5 Å². The predicted octanol–water partition coefficient (Wildman–Crippen LogP) is 2.52. The Balaban J connectivity index is 2.44. The maximum Gasteiger partial charge on any atom is 0.324 e. The summed E-state index contributed by atoms with van der Waals surface area (Å²) in [5.41, 5.74) is 0. The van der Waals surface area contributed by atoms with Crippen LogP contribution in [-0.4, -0.2) is 43.0 Å². The molecule has 1 atom stereocenters. The normalized spacial score (nSPS) is 19.3. The standard InChI is InChI=1S/C13H15BrClNO5S/c1-2-21-13(18)10-4-3-5-16(10)22(19,20)11-7-8(15)6-9(14)12(11)17/h6-7,10,17H,2-5H2,1H3/t10-/m0/s1. The van der Waals surface area contributed by atoms with E-state index < -0.39 is 27.8 Å². The lowest BCUT2D eigenvalue weighted by atomic mass is 10.2. The van der Waals surface area contributed by atoms with Gasteiger partial charge in [-0.15, -0.1) is 0 Å². The largest absolute Gasteiger partial charge is 0.505 e. The van der Waals surface area contributed by atoms with E-state index in [1.54, 1.807) is 6.92 Å². The summed E-state index contributed by atoms with van der Waals surface area (Å²) in [7, 11) is -4.06. The Morgan fingerprint density at radius 1 is 1.55 bits per heavy atom. The number of ether oxygens (including phenoxy) is 1. The molecular formula is C13H15BrClNO5S. The van der Waals surface area contributed by atoms with Gasteiger partial charge in [0.1, 0.15) is 16.7 Å². The third-order valence-corrected chi connectivity index (χ3v) is 6.09. The van der Waals surface area contributed by atoms with Crippen LogP contribution in [0.25, 0.3) is 0 Å². The summed E-state index contributed by atoms with van der Waals surface area (Å²) in [5.74, 6) is -1.01. The first-order valence-corrected chi connectivity index (χ1v) is 9.26. The summed E-state index contributed by atoms with van der Waals surface area (Å²) in [6.07, 6.45) is 0.936. The van der Waals surface area contributed by atoms with Crippen molar-refractivity contribution in [2.75, 3.05) is 13.2 Å². The topological polar surface area (TPSA) is 83.9 Å². The number of esters is 1. The monoisotopic (exact) mass is 411 g/mol. The Labute approximate surface area is 142 Å². The van der Waals surface area contributed by atoms with Crippen LogP contribution in [0, 0.1) is 0 Å². The van der Waals surface area contributed by atoms with Gasteiger partial charge in [0, 0.05) is 11.6 Å². The molecule has 0 aromatic heterocycles. The number of carbonyl (C=O) groups excluding carboxylic acids is 1. The molecule has 1 aromatic carbocycles. The Morgan fingerprint density at radius 3 is 2.86 bits per heavy atom. The zero-order valence-corrected chi connectivity index (χ0v) is 14.9. The first-order chi connectivity index (χ1) is 10.3. The van der Waals surface area contributed by atoms with Crippen LogP contribution < -0.4 is 0 Å². The lowest BCUT2D eigenvalue weighted by Gasteiger charge is -2.23. The fraction of sp³-hybridized carbons (Fsp3) is 0.462. The minimum absolute atomic E-state index is 0.162. The van der Waals surface area contributed by atoms with Crippen molar-refractivity contribution in [1.29, 1.82) is 0 Å². The molecule has 1 heterocycles. The van der Waals surface area contributed by atoms with Gasteiger partial charge in [0.05, 0.1) is 11.1 Å². The lowest BCUT2D eigenvalue weighted by molar-refractivity contribution is -0.146. The van der Waals surface area contributed by atoms with Crippen LogP contribution in [0.3, 0.4) is 0 Å². The van der Waals surface area contributed by atoms with Crippen molar-refractivity contribution in [3.63, 3.8) is 0 Å². The Kier molecular flexibility index (Phi) is 5.37. The summed E-state index contributed by atoms with van der Waals surface area (Å²) in [4.78, 5) is 11.6. The van der Waals surface area contributed by atoms with Crippen molar-refractivity contribution in [1.82, 2.24) is 4.31 Å². The summed E-state index contributed by atoms with van der Waals surface area (Å²) < 4.78 is 31.7. The average Bonchev–Trinajstić information content (AvgIpc) is 2.93.